The van der Waals surface area contributed by atoms with Crippen molar-refractivity contribution in [2.45, 2.75) is 51.7 Å². The number of halogens is 1. The van der Waals surface area contributed by atoms with Crippen LogP contribution in [0.2, 0.25) is 0 Å². The molecule has 1 aromatic carbocycles. The summed E-state index contributed by atoms with van der Waals surface area (Å²) in [5.41, 5.74) is 2.60. The zero-order chi connectivity index (χ0) is 13.3. The molecule has 1 N–H and O–H groups in total. The third kappa shape index (κ3) is 2.43. The summed E-state index contributed by atoms with van der Waals surface area (Å²) in [5.74, 6) is 1.58. The van der Waals surface area contributed by atoms with E-state index >= 15 is 0 Å². The van der Waals surface area contributed by atoms with Crippen molar-refractivity contribution in [2.24, 2.45) is 0 Å². The number of likely N-dealkylation sites (N-methyl/N-ethyl adjacent to an activating group) is 1. The van der Waals surface area contributed by atoms with Crippen molar-refractivity contribution in [3.63, 3.8) is 0 Å². The highest BCUT2D eigenvalue weighted by Crippen LogP contribution is 2.44. The Labute approximate surface area is 118 Å². The predicted octanol–water partition coefficient (Wildman–Crippen LogP) is 4.39. The summed E-state index contributed by atoms with van der Waals surface area (Å²) in [5, 5.41) is 3.40. The average molecular weight is 312 g/mol. The molecule has 1 aliphatic heterocycles. The predicted molar refractivity (Wildman–Crippen MR) is 79.4 cm³/mol. The van der Waals surface area contributed by atoms with Crippen molar-refractivity contribution < 1.29 is 4.74 Å². The summed E-state index contributed by atoms with van der Waals surface area (Å²) in [6.45, 7) is 6.64. The van der Waals surface area contributed by atoms with Crippen LogP contribution < -0.4 is 10.1 Å². The van der Waals surface area contributed by atoms with Crippen LogP contribution in [0.15, 0.2) is 16.6 Å². The molecule has 0 fully saturated rings. The number of ether oxygens (including phenoxy) is 1. The fourth-order valence-electron chi connectivity index (χ4n) is 2.70. The number of rotatable bonds is 4. The van der Waals surface area contributed by atoms with Crippen LogP contribution >= 0.6 is 15.9 Å². The van der Waals surface area contributed by atoms with Gasteiger partial charge in [-0.1, -0.05) is 43.1 Å². The van der Waals surface area contributed by atoms with E-state index in [2.05, 4.69) is 54.2 Å². The lowest BCUT2D eigenvalue weighted by atomic mass is 9.95. The second-order valence-electron chi connectivity index (χ2n) is 5.28. The quantitative estimate of drug-likeness (QED) is 0.890. The number of benzene rings is 1. The molecule has 0 amide bonds. The van der Waals surface area contributed by atoms with Crippen LogP contribution in [0.3, 0.4) is 0 Å². The zero-order valence-electron chi connectivity index (χ0n) is 11.6. The summed E-state index contributed by atoms with van der Waals surface area (Å²) >= 11 is 3.62. The Morgan fingerprint density at radius 2 is 2.11 bits per heavy atom. The molecule has 2 atom stereocenters. The van der Waals surface area contributed by atoms with Crippen LogP contribution in [0.25, 0.3) is 0 Å². The monoisotopic (exact) mass is 311 g/mol. The molecule has 0 spiro atoms. The molecule has 100 valence electrons. The Hall–Kier alpha value is -0.540. The van der Waals surface area contributed by atoms with E-state index in [4.69, 9.17) is 4.74 Å². The van der Waals surface area contributed by atoms with Crippen molar-refractivity contribution in [2.75, 3.05) is 7.05 Å². The molecule has 3 heteroatoms. The van der Waals surface area contributed by atoms with E-state index in [9.17, 15) is 0 Å². The van der Waals surface area contributed by atoms with Crippen molar-refractivity contribution in [1.82, 2.24) is 5.32 Å². The first-order valence-corrected chi connectivity index (χ1v) is 7.55. The van der Waals surface area contributed by atoms with Crippen LogP contribution in [0.4, 0.5) is 0 Å². The smallest absolute Gasteiger partial charge is 0.128 e. The summed E-state index contributed by atoms with van der Waals surface area (Å²) < 4.78 is 7.36. The van der Waals surface area contributed by atoms with Crippen molar-refractivity contribution in [3.05, 3.63) is 27.7 Å². The van der Waals surface area contributed by atoms with Gasteiger partial charge >= 0.3 is 0 Å². The van der Waals surface area contributed by atoms with Crippen molar-refractivity contribution in [1.29, 1.82) is 0 Å². The lowest BCUT2D eigenvalue weighted by Gasteiger charge is -2.17. The molecule has 0 radical (unpaired) electrons. The molecule has 0 saturated heterocycles. The number of hydrogen-bond acceptors (Lipinski definition) is 2. The second kappa shape index (κ2) is 5.62. The van der Waals surface area contributed by atoms with Crippen LogP contribution in [0.1, 0.15) is 56.7 Å². The van der Waals surface area contributed by atoms with E-state index in [0.29, 0.717) is 12.0 Å². The Morgan fingerprint density at radius 3 is 2.67 bits per heavy atom. The van der Waals surface area contributed by atoms with E-state index in [-0.39, 0.29) is 6.10 Å². The van der Waals surface area contributed by atoms with Gasteiger partial charge in [-0.2, -0.15) is 0 Å². The minimum absolute atomic E-state index is 0.266. The third-order valence-electron chi connectivity index (χ3n) is 3.59. The number of nitrogens with one attached hydrogen (secondary N) is 1. The fraction of sp³-hybridized carbons (Fsp3) is 0.600. The van der Waals surface area contributed by atoms with Gasteiger partial charge in [0.1, 0.15) is 11.9 Å². The largest absolute Gasteiger partial charge is 0.488 e. The Kier molecular flexibility index (Phi) is 4.33. The van der Waals surface area contributed by atoms with Gasteiger partial charge in [0, 0.05) is 10.0 Å². The highest BCUT2D eigenvalue weighted by molar-refractivity contribution is 9.10. The summed E-state index contributed by atoms with van der Waals surface area (Å²) in [6.07, 6.45) is 2.51. The van der Waals surface area contributed by atoms with E-state index in [1.54, 1.807) is 0 Å². The molecule has 0 saturated carbocycles. The molecule has 1 aliphatic rings. The Bertz CT molecular complexity index is 431. The molecule has 18 heavy (non-hydrogen) atoms. The van der Waals surface area contributed by atoms with Gasteiger partial charge < -0.3 is 10.1 Å². The van der Waals surface area contributed by atoms with E-state index in [1.807, 2.05) is 7.05 Å². The maximum atomic E-state index is 6.21. The molecule has 0 aliphatic carbocycles. The first kappa shape index (κ1) is 13.9. The molecule has 2 unspecified atom stereocenters. The molecule has 1 heterocycles. The minimum atomic E-state index is 0.266. The van der Waals surface area contributed by atoms with E-state index in [0.717, 1.165) is 23.1 Å². The van der Waals surface area contributed by atoms with Crippen LogP contribution in [-0.2, 0) is 0 Å². The Balaban J connectivity index is 2.45. The van der Waals surface area contributed by atoms with Gasteiger partial charge in [-0.3, -0.25) is 0 Å². The van der Waals surface area contributed by atoms with Gasteiger partial charge in [-0.25, -0.2) is 0 Å². The van der Waals surface area contributed by atoms with Gasteiger partial charge in [0.05, 0.1) is 6.04 Å². The zero-order valence-corrected chi connectivity index (χ0v) is 13.2. The maximum Gasteiger partial charge on any atom is 0.128 e. The topological polar surface area (TPSA) is 21.3 Å². The van der Waals surface area contributed by atoms with Crippen LogP contribution in [0.5, 0.6) is 5.75 Å². The van der Waals surface area contributed by atoms with Crippen LogP contribution in [0, 0.1) is 0 Å². The SMILES string of the molecule is CCCC1Oc2c(C(C)C)cc(Br)cc2C1NC. The van der Waals surface area contributed by atoms with Gasteiger partial charge in [-0.15, -0.1) is 0 Å². The average Bonchev–Trinajstić information content (AvgIpc) is 2.65. The molecule has 0 bridgehead atoms. The lowest BCUT2D eigenvalue weighted by Crippen LogP contribution is -2.28. The highest BCUT2D eigenvalue weighted by atomic mass is 79.9. The third-order valence-corrected chi connectivity index (χ3v) is 4.05. The minimum Gasteiger partial charge on any atom is -0.488 e. The molecule has 2 nitrogen and oxygen atoms in total. The Morgan fingerprint density at radius 1 is 1.39 bits per heavy atom. The van der Waals surface area contributed by atoms with Gasteiger partial charge in [0.2, 0.25) is 0 Å². The van der Waals surface area contributed by atoms with Gasteiger partial charge in [-0.05, 0) is 37.1 Å². The first-order valence-electron chi connectivity index (χ1n) is 6.75. The van der Waals surface area contributed by atoms with Gasteiger partial charge in [0.25, 0.3) is 0 Å². The van der Waals surface area contributed by atoms with Gasteiger partial charge in [0.15, 0.2) is 0 Å². The van der Waals surface area contributed by atoms with Crippen LogP contribution in [-0.4, -0.2) is 13.2 Å². The molecule has 0 aromatic heterocycles. The molecular weight excluding hydrogens is 290 g/mol. The standard InChI is InChI=1S/C15H22BrNO/c1-5-6-13-14(17-4)12-8-10(16)7-11(9(2)3)15(12)18-13/h7-9,13-14,17H,5-6H2,1-4H3. The summed E-state index contributed by atoms with van der Waals surface area (Å²) in [4.78, 5) is 0. The van der Waals surface area contributed by atoms with Crippen molar-refractivity contribution >= 4 is 15.9 Å². The van der Waals surface area contributed by atoms with E-state index in [1.165, 1.54) is 11.1 Å². The molecular formula is C15H22BrNO. The molecule has 2 rings (SSSR count). The lowest BCUT2D eigenvalue weighted by molar-refractivity contribution is 0.180. The molecule has 1 aromatic rings. The number of hydrogen-bond donors (Lipinski definition) is 1. The first-order chi connectivity index (χ1) is 8.58. The fourth-order valence-corrected chi connectivity index (χ4v) is 3.20. The van der Waals surface area contributed by atoms with Crippen molar-refractivity contribution in [3.8, 4) is 5.75 Å². The highest BCUT2D eigenvalue weighted by Gasteiger charge is 2.34. The maximum absolute atomic E-state index is 6.21. The number of fused-ring (bicyclic) bond motifs is 1. The summed E-state index contributed by atoms with van der Waals surface area (Å²) in [7, 11) is 2.02. The second-order valence-corrected chi connectivity index (χ2v) is 6.20. The van der Waals surface area contributed by atoms with E-state index < -0.39 is 0 Å². The normalized spacial score (nSPS) is 22.1. The summed E-state index contributed by atoms with van der Waals surface area (Å²) in [6, 6.07) is 4.69.